The van der Waals surface area contributed by atoms with E-state index in [0.717, 1.165) is 31.5 Å². The normalized spacial score (nSPS) is 28.3. The second-order valence-corrected chi connectivity index (χ2v) is 7.62. The Morgan fingerprint density at radius 1 is 1.19 bits per heavy atom. The Kier molecular flexibility index (Phi) is 3.73. The molecule has 0 saturated heterocycles. The van der Waals surface area contributed by atoms with Crippen molar-refractivity contribution < 1.29 is 4.39 Å². The molecule has 0 bridgehead atoms. The van der Waals surface area contributed by atoms with Crippen LogP contribution >= 0.6 is 0 Å². The lowest BCUT2D eigenvalue weighted by atomic mass is 9.83. The first-order valence-electron chi connectivity index (χ1n) is 8.22. The molecule has 1 atom stereocenters. The van der Waals surface area contributed by atoms with Crippen LogP contribution in [0.4, 0.5) is 10.1 Å². The fraction of sp³-hybridized carbons (Fsp3) is 0.667. The number of anilines is 1. The first-order chi connectivity index (χ1) is 9.96. The maximum absolute atomic E-state index is 13.7. The van der Waals surface area contributed by atoms with E-state index in [1.807, 2.05) is 6.07 Å². The highest BCUT2D eigenvalue weighted by atomic mass is 19.1. The van der Waals surface area contributed by atoms with Gasteiger partial charge in [0.1, 0.15) is 5.82 Å². The first-order valence-corrected chi connectivity index (χ1v) is 8.22. The molecule has 1 aromatic rings. The van der Waals surface area contributed by atoms with Crippen molar-refractivity contribution in [3.8, 4) is 0 Å². The molecule has 21 heavy (non-hydrogen) atoms. The predicted octanol–water partition coefficient (Wildman–Crippen LogP) is 3.88. The molecule has 3 rings (SSSR count). The predicted molar refractivity (Wildman–Crippen MR) is 86.1 cm³/mol. The average Bonchev–Trinajstić information content (AvgIpc) is 2.79. The maximum Gasteiger partial charge on any atom is 0.125 e. The zero-order chi connectivity index (χ0) is 15.1. The van der Waals surface area contributed by atoms with E-state index in [2.05, 4.69) is 18.7 Å². The molecule has 1 heterocycles. The molecule has 1 unspecified atom stereocenters. The van der Waals surface area contributed by atoms with Crippen LogP contribution in [0.25, 0.3) is 0 Å². The summed E-state index contributed by atoms with van der Waals surface area (Å²) >= 11 is 0. The Balaban J connectivity index is 1.93. The van der Waals surface area contributed by atoms with E-state index in [1.54, 1.807) is 12.1 Å². The Hall–Kier alpha value is -1.09. The first kappa shape index (κ1) is 14.8. The quantitative estimate of drug-likeness (QED) is 0.838. The lowest BCUT2D eigenvalue weighted by Crippen LogP contribution is -2.53. The van der Waals surface area contributed by atoms with Gasteiger partial charge in [-0.25, -0.2) is 4.39 Å². The molecule has 1 aliphatic carbocycles. The minimum Gasteiger partial charge on any atom is -0.364 e. The van der Waals surface area contributed by atoms with Gasteiger partial charge in [0.15, 0.2) is 0 Å². The molecule has 2 N–H and O–H groups in total. The third-order valence-corrected chi connectivity index (χ3v) is 5.66. The summed E-state index contributed by atoms with van der Waals surface area (Å²) in [5.74, 6) is -0.137. The largest absolute Gasteiger partial charge is 0.364 e. The summed E-state index contributed by atoms with van der Waals surface area (Å²) in [5.41, 5.74) is 9.02. The summed E-state index contributed by atoms with van der Waals surface area (Å²) < 4.78 is 13.7. The summed E-state index contributed by atoms with van der Waals surface area (Å²) in [6, 6.07) is 5.22. The molecule has 2 nitrogen and oxygen atoms in total. The number of hydrogen-bond acceptors (Lipinski definition) is 2. The van der Waals surface area contributed by atoms with Crippen molar-refractivity contribution in [3.05, 3.63) is 29.6 Å². The van der Waals surface area contributed by atoms with E-state index in [1.165, 1.54) is 24.8 Å². The van der Waals surface area contributed by atoms with E-state index >= 15 is 0 Å². The number of benzene rings is 1. The monoisotopic (exact) mass is 290 g/mol. The van der Waals surface area contributed by atoms with Crippen molar-refractivity contribution in [2.75, 3.05) is 18.0 Å². The van der Waals surface area contributed by atoms with E-state index in [0.29, 0.717) is 12.0 Å². The van der Waals surface area contributed by atoms with Crippen LogP contribution in [-0.2, 0) is 6.42 Å². The van der Waals surface area contributed by atoms with Crippen LogP contribution in [0.5, 0.6) is 0 Å². The SMILES string of the molecule is CC1(C)CCCC(CN)(N2CCc3ccc(F)cc32)CC1. The highest BCUT2D eigenvalue weighted by molar-refractivity contribution is 5.60. The van der Waals surface area contributed by atoms with Crippen LogP contribution in [0.2, 0.25) is 0 Å². The number of nitrogens with two attached hydrogens (primary N) is 1. The summed E-state index contributed by atoms with van der Waals surface area (Å²) in [6.07, 6.45) is 6.94. The zero-order valence-corrected chi connectivity index (χ0v) is 13.3. The molecule has 0 radical (unpaired) electrons. The third kappa shape index (κ3) is 2.68. The van der Waals surface area contributed by atoms with E-state index < -0.39 is 0 Å². The average molecular weight is 290 g/mol. The van der Waals surface area contributed by atoms with Crippen molar-refractivity contribution in [3.63, 3.8) is 0 Å². The van der Waals surface area contributed by atoms with Crippen LogP contribution in [0.1, 0.15) is 51.5 Å². The molecule has 0 amide bonds. The Morgan fingerprint density at radius 2 is 2.00 bits per heavy atom. The van der Waals surface area contributed by atoms with Gasteiger partial charge in [-0.2, -0.15) is 0 Å². The molecule has 1 aromatic carbocycles. The highest BCUT2D eigenvalue weighted by Gasteiger charge is 2.41. The minimum absolute atomic E-state index is 0.0206. The molecule has 0 spiro atoms. The molecular formula is C18H27FN2. The summed E-state index contributed by atoms with van der Waals surface area (Å²) in [4.78, 5) is 2.42. The van der Waals surface area contributed by atoms with Gasteiger partial charge in [-0.15, -0.1) is 0 Å². The number of halogens is 1. The summed E-state index contributed by atoms with van der Waals surface area (Å²) in [7, 11) is 0. The third-order valence-electron chi connectivity index (χ3n) is 5.66. The van der Waals surface area contributed by atoms with Gasteiger partial charge >= 0.3 is 0 Å². The minimum atomic E-state index is -0.137. The number of nitrogens with zero attached hydrogens (tertiary/aromatic N) is 1. The molecular weight excluding hydrogens is 263 g/mol. The van der Waals surface area contributed by atoms with Crippen LogP contribution < -0.4 is 10.6 Å². The van der Waals surface area contributed by atoms with Gasteiger partial charge in [-0.05, 0) is 55.2 Å². The van der Waals surface area contributed by atoms with Gasteiger partial charge < -0.3 is 10.6 Å². The topological polar surface area (TPSA) is 29.3 Å². The van der Waals surface area contributed by atoms with E-state index in [4.69, 9.17) is 5.73 Å². The zero-order valence-electron chi connectivity index (χ0n) is 13.3. The van der Waals surface area contributed by atoms with E-state index in [9.17, 15) is 4.39 Å². The number of rotatable bonds is 2. The Bertz CT molecular complexity index is 526. The Morgan fingerprint density at radius 3 is 2.76 bits per heavy atom. The van der Waals surface area contributed by atoms with Crippen molar-refractivity contribution in [2.24, 2.45) is 11.1 Å². The van der Waals surface area contributed by atoms with Crippen LogP contribution in [0.3, 0.4) is 0 Å². The van der Waals surface area contributed by atoms with Gasteiger partial charge in [0.05, 0.1) is 5.54 Å². The highest BCUT2D eigenvalue weighted by Crippen LogP contribution is 2.44. The standard InChI is InChI=1S/C18H27FN2/c1-17(2)7-3-8-18(13-20,10-9-17)21-11-6-14-4-5-15(19)12-16(14)21/h4-5,12H,3,6-11,13,20H2,1-2H3. The lowest BCUT2D eigenvalue weighted by Gasteiger charge is -2.43. The van der Waals surface area contributed by atoms with Gasteiger partial charge in [-0.1, -0.05) is 26.3 Å². The maximum atomic E-state index is 13.7. The van der Waals surface area contributed by atoms with Crippen LogP contribution in [0, 0.1) is 11.2 Å². The molecule has 2 aliphatic rings. The van der Waals surface area contributed by atoms with Gasteiger partial charge in [0.25, 0.3) is 0 Å². The fourth-order valence-electron chi connectivity index (χ4n) is 4.15. The molecule has 3 heteroatoms. The van der Waals surface area contributed by atoms with Gasteiger partial charge in [0, 0.05) is 18.8 Å². The smallest absolute Gasteiger partial charge is 0.125 e. The lowest BCUT2D eigenvalue weighted by molar-refractivity contribution is 0.294. The Labute approximate surface area is 127 Å². The van der Waals surface area contributed by atoms with Crippen molar-refractivity contribution >= 4 is 5.69 Å². The van der Waals surface area contributed by atoms with Crippen LogP contribution in [0.15, 0.2) is 18.2 Å². The summed E-state index contributed by atoms with van der Waals surface area (Å²) in [5, 5.41) is 0. The van der Waals surface area contributed by atoms with Crippen LogP contribution in [-0.4, -0.2) is 18.6 Å². The van der Waals surface area contributed by atoms with Crippen molar-refractivity contribution in [1.29, 1.82) is 0 Å². The number of hydrogen-bond donors (Lipinski definition) is 1. The fourth-order valence-corrected chi connectivity index (χ4v) is 4.15. The number of fused-ring (bicyclic) bond motifs is 1. The van der Waals surface area contributed by atoms with Gasteiger partial charge in [-0.3, -0.25) is 0 Å². The molecule has 0 aromatic heterocycles. The molecule has 1 saturated carbocycles. The summed E-state index contributed by atoms with van der Waals surface area (Å²) in [6.45, 7) is 6.36. The molecule has 116 valence electrons. The van der Waals surface area contributed by atoms with Crippen molar-refractivity contribution in [2.45, 2.75) is 57.9 Å². The van der Waals surface area contributed by atoms with Crippen molar-refractivity contribution in [1.82, 2.24) is 0 Å². The van der Waals surface area contributed by atoms with Gasteiger partial charge in [0.2, 0.25) is 0 Å². The molecule has 1 fully saturated rings. The second-order valence-electron chi connectivity index (χ2n) is 7.62. The second kappa shape index (κ2) is 5.28. The molecule has 1 aliphatic heterocycles. The van der Waals surface area contributed by atoms with E-state index in [-0.39, 0.29) is 11.4 Å².